The fourth-order valence-electron chi connectivity index (χ4n) is 1.01. The molecule has 0 spiro atoms. The average molecular weight is 319 g/mol. The highest BCUT2D eigenvalue weighted by Gasteiger charge is 2.16. The number of carbonyl (C=O) groups excluding carboxylic acids is 1. The first kappa shape index (κ1) is 11.9. The third-order valence-electron chi connectivity index (χ3n) is 1.65. The van der Waals surface area contributed by atoms with Crippen molar-refractivity contribution in [3.63, 3.8) is 0 Å². The van der Waals surface area contributed by atoms with Crippen molar-refractivity contribution >= 4 is 28.6 Å². The smallest absolute Gasteiger partial charge is 0.341 e. The molecular weight excluding hydrogens is 312 g/mol. The van der Waals surface area contributed by atoms with Crippen LogP contribution in [0.4, 0.5) is 4.39 Å². The quantitative estimate of drug-likeness (QED) is 0.622. The number of ether oxygens (including phenoxy) is 1. The van der Waals surface area contributed by atoms with E-state index in [1.54, 1.807) is 29.5 Å². The summed E-state index contributed by atoms with van der Waals surface area (Å²) in [6, 6.07) is 4.42. The van der Waals surface area contributed by atoms with E-state index in [1.807, 2.05) is 6.07 Å². The summed E-state index contributed by atoms with van der Waals surface area (Å²) in [5, 5.41) is 8.66. The molecule has 0 aliphatic carbocycles. The molecule has 0 saturated heterocycles. The van der Waals surface area contributed by atoms with Crippen molar-refractivity contribution in [2.75, 3.05) is 6.61 Å². The molecule has 5 heteroatoms. The number of esters is 1. The van der Waals surface area contributed by atoms with E-state index in [0.29, 0.717) is 0 Å². The van der Waals surface area contributed by atoms with Gasteiger partial charge < -0.3 is 4.74 Å². The highest BCUT2D eigenvalue weighted by atomic mass is 127. The molecule has 0 fully saturated rings. The molecule has 15 heavy (non-hydrogen) atoms. The third kappa shape index (κ3) is 2.65. The van der Waals surface area contributed by atoms with Crippen LogP contribution in [0.3, 0.4) is 0 Å². The monoisotopic (exact) mass is 319 g/mol. The summed E-state index contributed by atoms with van der Waals surface area (Å²) in [4.78, 5) is 11.3. The minimum absolute atomic E-state index is 0.172. The van der Waals surface area contributed by atoms with E-state index < -0.39 is 11.8 Å². The molecule has 3 nitrogen and oxygen atoms in total. The molecule has 1 rings (SSSR count). The molecule has 0 amide bonds. The van der Waals surface area contributed by atoms with Crippen LogP contribution in [0.15, 0.2) is 12.1 Å². The number of hydrogen-bond donors (Lipinski definition) is 0. The number of halogens is 2. The fourth-order valence-corrected chi connectivity index (χ4v) is 1.64. The highest BCUT2D eigenvalue weighted by Crippen LogP contribution is 2.18. The van der Waals surface area contributed by atoms with Gasteiger partial charge in [0.2, 0.25) is 0 Å². The first-order chi connectivity index (χ1) is 7.10. The summed E-state index contributed by atoms with van der Waals surface area (Å²) in [5.74, 6) is -1.39. The Kier molecular flexibility index (Phi) is 4.03. The molecule has 0 atom stereocenters. The number of rotatable bonds is 2. The lowest BCUT2D eigenvalue weighted by Crippen LogP contribution is -2.08. The van der Waals surface area contributed by atoms with E-state index in [9.17, 15) is 9.18 Å². The number of nitrogens with zero attached hydrogens (tertiary/aromatic N) is 1. The van der Waals surface area contributed by atoms with Gasteiger partial charge in [-0.2, -0.15) is 5.26 Å². The fraction of sp³-hybridized carbons (Fsp3) is 0.200. The van der Waals surface area contributed by atoms with Crippen molar-refractivity contribution in [3.8, 4) is 6.07 Å². The normalized spacial score (nSPS) is 9.47. The van der Waals surface area contributed by atoms with Gasteiger partial charge in [0.25, 0.3) is 0 Å². The van der Waals surface area contributed by atoms with Gasteiger partial charge in [-0.15, -0.1) is 0 Å². The van der Waals surface area contributed by atoms with Gasteiger partial charge in [-0.3, -0.25) is 0 Å². The predicted octanol–water partition coefficient (Wildman–Crippen LogP) is 2.48. The van der Waals surface area contributed by atoms with Crippen LogP contribution in [0.2, 0.25) is 0 Å². The van der Waals surface area contributed by atoms with E-state index in [1.165, 1.54) is 12.1 Å². The summed E-state index contributed by atoms with van der Waals surface area (Å²) < 4.78 is 18.4. The summed E-state index contributed by atoms with van der Waals surface area (Å²) in [6.45, 7) is 1.81. The first-order valence-corrected chi connectivity index (χ1v) is 5.24. The number of nitriles is 1. The maximum Gasteiger partial charge on any atom is 0.341 e. The SMILES string of the molecule is CCOC(=O)c1cc(C#N)cc(I)c1F. The van der Waals surface area contributed by atoms with Gasteiger partial charge >= 0.3 is 5.97 Å². The van der Waals surface area contributed by atoms with Crippen molar-refractivity contribution < 1.29 is 13.9 Å². The maximum atomic E-state index is 13.5. The molecule has 0 radical (unpaired) electrons. The topological polar surface area (TPSA) is 50.1 Å². The maximum absolute atomic E-state index is 13.5. The lowest BCUT2D eigenvalue weighted by atomic mass is 10.1. The van der Waals surface area contributed by atoms with Crippen LogP contribution in [0.25, 0.3) is 0 Å². The lowest BCUT2D eigenvalue weighted by molar-refractivity contribution is 0.0521. The molecule has 0 heterocycles. The molecule has 0 N–H and O–H groups in total. The van der Waals surface area contributed by atoms with Crippen molar-refractivity contribution in [2.45, 2.75) is 6.92 Å². The van der Waals surface area contributed by atoms with Crippen LogP contribution in [0.5, 0.6) is 0 Å². The van der Waals surface area contributed by atoms with E-state index in [2.05, 4.69) is 4.74 Å². The van der Waals surface area contributed by atoms with Gasteiger partial charge in [-0.1, -0.05) is 0 Å². The van der Waals surface area contributed by atoms with Gasteiger partial charge in [-0.25, -0.2) is 9.18 Å². The van der Waals surface area contributed by atoms with Gasteiger partial charge in [0.15, 0.2) is 5.82 Å². The largest absolute Gasteiger partial charge is 0.462 e. The van der Waals surface area contributed by atoms with Crippen LogP contribution < -0.4 is 0 Å². The summed E-state index contributed by atoms with van der Waals surface area (Å²) in [5.41, 5.74) is 0.0455. The Morgan fingerprint density at radius 1 is 1.67 bits per heavy atom. The summed E-state index contributed by atoms with van der Waals surface area (Å²) >= 11 is 1.73. The number of benzene rings is 1. The molecular formula is C10H7FINO2. The van der Waals surface area contributed by atoms with Crippen molar-refractivity contribution in [1.82, 2.24) is 0 Å². The van der Waals surface area contributed by atoms with Crippen LogP contribution in [-0.4, -0.2) is 12.6 Å². The zero-order valence-electron chi connectivity index (χ0n) is 7.88. The van der Waals surface area contributed by atoms with Gasteiger partial charge in [0.05, 0.1) is 27.4 Å². The van der Waals surface area contributed by atoms with Gasteiger partial charge in [0, 0.05) is 0 Å². The van der Waals surface area contributed by atoms with Crippen molar-refractivity contribution in [3.05, 3.63) is 32.6 Å². The van der Waals surface area contributed by atoms with Crippen molar-refractivity contribution in [2.24, 2.45) is 0 Å². The van der Waals surface area contributed by atoms with E-state index in [0.717, 1.165) is 0 Å². The highest BCUT2D eigenvalue weighted by molar-refractivity contribution is 14.1. The number of hydrogen-bond acceptors (Lipinski definition) is 3. The second-order valence-electron chi connectivity index (χ2n) is 2.65. The van der Waals surface area contributed by atoms with Crippen LogP contribution in [0, 0.1) is 20.7 Å². The Bertz CT molecular complexity index is 440. The summed E-state index contributed by atoms with van der Waals surface area (Å²) in [6.07, 6.45) is 0. The van der Waals surface area contributed by atoms with E-state index in [-0.39, 0.29) is 21.3 Å². The Morgan fingerprint density at radius 2 is 2.33 bits per heavy atom. The molecule has 0 aromatic heterocycles. The van der Waals surface area contributed by atoms with E-state index in [4.69, 9.17) is 5.26 Å². The Morgan fingerprint density at radius 3 is 2.87 bits per heavy atom. The average Bonchev–Trinajstić information content (AvgIpc) is 2.22. The predicted molar refractivity (Wildman–Crippen MR) is 59.8 cm³/mol. The second kappa shape index (κ2) is 5.07. The molecule has 1 aromatic rings. The van der Waals surface area contributed by atoms with Crippen LogP contribution in [-0.2, 0) is 4.74 Å². The van der Waals surface area contributed by atoms with Gasteiger partial charge in [-0.05, 0) is 41.6 Å². The minimum Gasteiger partial charge on any atom is -0.462 e. The first-order valence-electron chi connectivity index (χ1n) is 4.16. The van der Waals surface area contributed by atoms with Crippen molar-refractivity contribution in [1.29, 1.82) is 5.26 Å². The lowest BCUT2D eigenvalue weighted by Gasteiger charge is -2.04. The molecule has 0 aliphatic rings. The zero-order valence-corrected chi connectivity index (χ0v) is 10.0. The Hall–Kier alpha value is -1.16. The van der Waals surface area contributed by atoms with Crippen LogP contribution in [0.1, 0.15) is 22.8 Å². The van der Waals surface area contributed by atoms with Gasteiger partial charge in [0.1, 0.15) is 0 Å². The van der Waals surface area contributed by atoms with E-state index >= 15 is 0 Å². The molecule has 0 bridgehead atoms. The third-order valence-corrected chi connectivity index (χ3v) is 2.44. The molecule has 0 aliphatic heterocycles. The minimum atomic E-state index is -0.745. The zero-order chi connectivity index (χ0) is 11.4. The standard InChI is InChI=1S/C10H7FINO2/c1-2-15-10(14)7-3-6(5-13)4-8(12)9(7)11/h3-4H,2H2,1H3. The molecule has 78 valence electrons. The summed E-state index contributed by atoms with van der Waals surface area (Å²) in [7, 11) is 0. The molecule has 0 unspecified atom stereocenters. The second-order valence-corrected chi connectivity index (χ2v) is 3.81. The Labute approximate surface area is 100.0 Å². The molecule has 1 aromatic carbocycles. The Balaban J connectivity index is 3.23. The molecule has 0 saturated carbocycles. The van der Waals surface area contributed by atoms with Crippen LogP contribution >= 0.6 is 22.6 Å². The number of carbonyl (C=O) groups is 1.